The Kier molecular flexibility index (Phi) is 6.03. The van der Waals surface area contributed by atoms with Crippen molar-refractivity contribution in [2.75, 3.05) is 25.0 Å². The smallest absolute Gasteiger partial charge is 0.238 e. The molecule has 5 heteroatoms. The van der Waals surface area contributed by atoms with Crippen molar-refractivity contribution in [2.24, 2.45) is 0 Å². The largest absolute Gasteiger partial charge is 0.396 e. The van der Waals surface area contributed by atoms with E-state index in [2.05, 4.69) is 10.2 Å². The molecule has 1 aliphatic rings. The molecule has 0 aromatic heterocycles. The molecule has 1 unspecified atom stereocenters. The van der Waals surface area contributed by atoms with E-state index in [0.29, 0.717) is 23.3 Å². The number of halogens is 1. The van der Waals surface area contributed by atoms with Gasteiger partial charge in [0.05, 0.1) is 17.3 Å². The number of piperidine rings is 1. The Labute approximate surface area is 131 Å². The van der Waals surface area contributed by atoms with E-state index in [-0.39, 0.29) is 12.5 Å². The van der Waals surface area contributed by atoms with E-state index in [1.165, 1.54) is 6.42 Å². The number of carbonyl (C=O) groups is 1. The minimum absolute atomic E-state index is 0.0504. The summed E-state index contributed by atoms with van der Waals surface area (Å²) in [6.07, 6.45) is 4.07. The third-order valence-corrected chi connectivity index (χ3v) is 4.27. The average molecular weight is 311 g/mol. The molecule has 2 N–H and O–H groups in total. The number of hydrogen-bond donors (Lipinski definition) is 2. The van der Waals surface area contributed by atoms with Gasteiger partial charge in [0.2, 0.25) is 5.91 Å². The lowest BCUT2D eigenvalue weighted by atomic mass is 9.99. The molecule has 1 aromatic carbocycles. The van der Waals surface area contributed by atoms with Gasteiger partial charge in [0.1, 0.15) is 0 Å². The van der Waals surface area contributed by atoms with Gasteiger partial charge < -0.3 is 10.4 Å². The van der Waals surface area contributed by atoms with Crippen LogP contribution in [0.3, 0.4) is 0 Å². The maximum absolute atomic E-state index is 12.2. The van der Waals surface area contributed by atoms with Crippen LogP contribution < -0.4 is 5.32 Å². The molecule has 0 aliphatic carbocycles. The number of nitrogens with zero attached hydrogens (tertiary/aromatic N) is 1. The van der Waals surface area contributed by atoms with Crippen molar-refractivity contribution in [3.8, 4) is 0 Å². The van der Waals surface area contributed by atoms with Crippen molar-refractivity contribution in [3.63, 3.8) is 0 Å². The van der Waals surface area contributed by atoms with E-state index in [0.717, 1.165) is 31.4 Å². The van der Waals surface area contributed by atoms with Crippen molar-refractivity contribution in [1.29, 1.82) is 0 Å². The summed E-state index contributed by atoms with van der Waals surface area (Å²) in [5, 5.41) is 12.6. The Morgan fingerprint density at radius 2 is 2.29 bits per heavy atom. The summed E-state index contributed by atoms with van der Waals surface area (Å²) in [6.45, 7) is 3.41. The summed E-state index contributed by atoms with van der Waals surface area (Å²) in [6, 6.07) is 5.91. The van der Waals surface area contributed by atoms with Crippen LogP contribution in [0.1, 0.15) is 31.2 Å². The lowest BCUT2D eigenvalue weighted by Gasteiger charge is -2.34. The van der Waals surface area contributed by atoms with Gasteiger partial charge in [0.25, 0.3) is 0 Å². The number of nitrogens with one attached hydrogen (secondary N) is 1. The summed E-state index contributed by atoms with van der Waals surface area (Å²) in [5.41, 5.74) is 1.72. The lowest BCUT2D eigenvalue weighted by Crippen LogP contribution is -2.44. The average Bonchev–Trinajstić information content (AvgIpc) is 2.44. The highest BCUT2D eigenvalue weighted by Crippen LogP contribution is 2.23. The van der Waals surface area contributed by atoms with Crippen molar-refractivity contribution in [1.82, 2.24) is 4.90 Å². The maximum Gasteiger partial charge on any atom is 0.238 e. The normalized spacial score (nSPS) is 19.5. The molecular weight excluding hydrogens is 288 g/mol. The number of carbonyl (C=O) groups excluding carboxylic acids is 1. The van der Waals surface area contributed by atoms with Gasteiger partial charge in [0.15, 0.2) is 0 Å². The van der Waals surface area contributed by atoms with Gasteiger partial charge in [0, 0.05) is 12.6 Å². The Morgan fingerprint density at radius 3 is 3.00 bits per heavy atom. The van der Waals surface area contributed by atoms with Crippen LogP contribution in [0.2, 0.25) is 5.02 Å². The highest BCUT2D eigenvalue weighted by atomic mass is 35.5. The SMILES string of the molecule is Cc1ccc(NC(=O)CN2CCCCC2CCO)c(Cl)c1. The molecule has 0 saturated carbocycles. The fraction of sp³-hybridized carbons (Fsp3) is 0.562. The monoisotopic (exact) mass is 310 g/mol. The zero-order valence-corrected chi connectivity index (χ0v) is 13.2. The molecular formula is C16H23ClN2O2. The first kappa shape index (κ1) is 16.3. The van der Waals surface area contributed by atoms with Gasteiger partial charge in [-0.3, -0.25) is 9.69 Å². The topological polar surface area (TPSA) is 52.6 Å². The number of likely N-dealkylation sites (tertiary alicyclic amines) is 1. The van der Waals surface area contributed by atoms with Crippen LogP contribution in [0.4, 0.5) is 5.69 Å². The summed E-state index contributed by atoms with van der Waals surface area (Å²) in [4.78, 5) is 14.4. The van der Waals surface area contributed by atoms with E-state index in [9.17, 15) is 4.79 Å². The Balaban J connectivity index is 1.93. The van der Waals surface area contributed by atoms with Crippen molar-refractivity contribution in [3.05, 3.63) is 28.8 Å². The number of aryl methyl sites for hydroxylation is 1. The van der Waals surface area contributed by atoms with Crippen LogP contribution in [0.25, 0.3) is 0 Å². The Hall–Kier alpha value is -1.10. The second-order valence-electron chi connectivity index (χ2n) is 5.66. The van der Waals surface area contributed by atoms with Gasteiger partial charge in [-0.15, -0.1) is 0 Å². The number of benzene rings is 1. The van der Waals surface area contributed by atoms with Gasteiger partial charge in [-0.1, -0.05) is 24.1 Å². The first-order valence-corrected chi connectivity index (χ1v) is 7.89. The van der Waals surface area contributed by atoms with E-state index in [4.69, 9.17) is 16.7 Å². The number of hydrogen-bond acceptors (Lipinski definition) is 3. The molecule has 4 nitrogen and oxygen atoms in total. The minimum atomic E-state index is -0.0504. The number of aliphatic hydroxyl groups is 1. The van der Waals surface area contributed by atoms with E-state index >= 15 is 0 Å². The van der Waals surface area contributed by atoms with Crippen molar-refractivity contribution in [2.45, 2.75) is 38.6 Å². The van der Waals surface area contributed by atoms with Crippen LogP contribution in [0, 0.1) is 6.92 Å². The van der Waals surface area contributed by atoms with Crippen molar-refractivity contribution >= 4 is 23.2 Å². The minimum Gasteiger partial charge on any atom is -0.396 e. The third kappa shape index (κ3) is 4.70. The first-order valence-electron chi connectivity index (χ1n) is 7.51. The molecule has 0 spiro atoms. The van der Waals surface area contributed by atoms with Gasteiger partial charge >= 0.3 is 0 Å². The van der Waals surface area contributed by atoms with Crippen LogP contribution in [0.15, 0.2) is 18.2 Å². The van der Waals surface area contributed by atoms with Gasteiger partial charge in [-0.05, 0) is 50.4 Å². The molecule has 0 bridgehead atoms. The Bertz CT molecular complexity index is 491. The van der Waals surface area contributed by atoms with E-state index in [1.807, 2.05) is 25.1 Å². The molecule has 116 valence electrons. The second-order valence-corrected chi connectivity index (χ2v) is 6.07. The standard InChI is InChI=1S/C16H23ClN2O2/c1-12-5-6-15(14(17)10-12)18-16(21)11-19-8-3-2-4-13(19)7-9-20/h5-6,10,13,20H,2-4,7-9,11H2,1H3,(H,18,21). The molecule has 1 saturated heterocycles. The van der Waals surface area contributed by atoms with E-state index in [1.54, 1.807) is 0 Å². The van der Waals surface area contributed by atoms with Gasteiger partial charge in [-0.2, -0.15) is 0 Å². The molecule has 0 radical (unpaired) electrons. The highest BCUT2D eigenvalue weighted by molar-refractivity contribution is 6.33. The molecule has 2 rings (SSSR count). The fourth-order valence-electron chi connectivity index (χ4n) is 2.84. The first-order chi connectivity index (χ1) is 10.1. The number of anilines is 1. The maximum atomic E-state index is 12.2. The summed E-state index contributed by atoms with van der Waals surface area (Å²) in [5.74, 6) is -0.0504. The molecule has 1 atom stereocenters. The van der Waals surface area contributed by atoms with Crippen LogP contribution >= 0.6 is 11.6 Å². The number of amides is 1. The third-order valence-electron chi connectivity index (χ3n) is 3.96. The molecule has 1 heterocycles. The number of rotatable bonds is 5. The number of aliphatic hydroxyl groups excluding tert-OH is 1. The molecule has 1 fully saturated rings. The summed E-state index contributed by atoms with van der Waals surface area (Å²) >= 11 is 6.13. The zero-order chi connectivity index (χ0) is 15.2. The Morgan fingerprint density at radius 1 is 1.48 bits per heavy atom. The predicted molar refractivity (Wildman–Crippen MR) is 85.7 cm³/mol. The van der Waals surface area contributed by atoms with E-state index < -0.39 is 0 Å². The summed E-state index contributed by atoms with van der Waals surface area (Å²) in [7, 11) is 0. The fourth-order valence-corrected chi connectivity index (χ4v) is 3.12. The molecule has 1 aliphatic heterocycles. The van der Waals surface area contributed by atoms with Crippen LogP contribution in [-0.2, 0) is 4.79 Å². The van der Waals surface area contributed by atoms with Crippen LogP contribution in [-0.4, -0.2) is 41.7 Å². The summed E-state index contributed by atoms with van der Waals surface area (Å²) < 4.78 is 0. The highest BCUT2D eigenvalue weighted by Gasteiger charge is 2.23. The molecule has 21 heavy (non-hydrogen) atoms. The van der Waals surface area contributed by atoms with Crippen molar-refractivity contribution < 1.29 is 9.90 Å². The van der Waals surface area contributed by atoms with Crippen LogP contribution in [0.5, 0.6) is 0 Å². The lowest BCUT2D eigenvalue weighted by molar-refractivity contribution is -0.118. The molecule has 1 amide bonds. The zero-order valence-electron chi connectivity index (χ0n) is 12.4. The quantitative estimate of drug-likeness (QED) is 0.879. The predicted octanol–water partition coefficient (Wildman–Crippen LogP) is 2.82. The molecule has 1 aromatic rings. The second kappa shape index (κ2) is 7.78. The van der Waals surface area contributed by atoms with Gasteiger partial charge in [-0.25, -0.2) is 0 Å².